The van der Waals surface area contributed by atoms with E-state index in [0.29, 0.717) is 0 Å². The molecule has 0 unspecified atom stereocenters. The van der Waals surface area contributed by atoms with Gasteiger partial charge in [0.05, 0.1) is 6.42 Å². The van der Waals surface area contributed by atoms with Gasteiger partial charge in [-0.15, -0.1) is 0 Å². The number of hydrogen-bond donors (Lipinski definition) is 2. The lowest BCUT2D eigenvalue weighted by Crippen LogP contribution is -2.56. The van der Waals surface area contributed by atoms with Crippen LogP contribution in [-0.2, 0) is 14.4 Å². The maximum absolute atomic E-state index is 12.9. The predicted molar refractivity (Wildman–Crippen MR) is 83.6 cm³/mol. The molecule has 2 fully saturated rings. The fourth-order valence-corrected chi connectivity index (χ4v) is 4.75. The Labute approximate surface area is 132 Å². The summed E-state index contributed by atoms with van der Waals surface area (Å²) in [4.78, 5) is 36.7. The molecule has 2 saturated carbocycles. The molecule has 2 amide bonds. The van der Waals surface area contributed by atoms with Crippen LogP contribution >= 0.6 is 0 Å². The topological polar surface area (TPSA) is 103 Å². The maximum Gasteiger partial charge on any atom is 0.231 e. The van der Waals surface area contributed by atoms with E-state index in [1.807, 2.05) is 0 Å². The Morgan fingerprint density at radius 3 is 1.50 bits per heavy atom. The van der Waals surface area contributed by atoms with E-state index in [4.69, 9.17) is 11.5 Å². The smallest absolute Gasteiger partial charge is 0.231 e. The van der Waals surface area contributed by atoms with Crippen molar-refractivity contribution in [3.05, 3.63) is 0 Å². The third-order valence-electron chi connectivity index (χ3n) is 5.70. The molecular weight excluding hydrogens is 280 g/mol. The second kappa shape index (κ2) is 7.25. The summed E-state index contributed by atoms with van der Waals surface area (Å²) in [6, 6.07) is 0. The van der Waals surface area contributed by atoms with Crippen LogP contribution in [0.15, 0.2) is 0 Å². The molecule has 2 rings (SSSR count). The van der Waals surface area contributed by atoms with Gasteiger partial charge in [0.1, 0.15) is 5.41 Å². The molecule has 22 heavy (non-hydrogen) atoms. The summed E-state index contributed by atoms with van der Waals surface area (Å²) in [6.07, 6.45) is 9.41. The first-order valence-electron chi connectivity index (χ1n) is 8.61. The molecule has 0 aromatic heterocycles. The lowest BCUT2D eigenvalue weighted by molar-refractivity contribution is -0.152. The van der Waals surface area contributed by atoms with Gasteiger partial charge in [-0.3, -0.25) is 14.4 Å². The van der Waals surface area contributed by atoms with E-state index in [2.05, 4.69) is 0 Å². The van der Waals surface area contributed by atoms with Crippen LogP contribution in [0.4, 0.5) is 0 Å². The summed E-state index contributed by atoms with van der Waals surface area (Å²) >= 11 is 0. The summed E-state index contributed by atoms with van der Waals surface area (Å²) in [6.45, 7) is 0. The van der Waals surface area contributed by atoms with Gasteiger partial charge in [-0.2, -0.15) is 0 Å². The van der Waals surface area contributed by atoms with Gasteiger partial charge in [0, 0.05) is 0 Å². The van der Waals surface area contributed by atoms with Gasteiger partial charge in [-0.05, 0) is 37.5 Å². The molecule has 0 radical (unpaired) electrons. The fourth-order valence-electron chi connectivity index (χ4n) is 4.75. The first kappa shape index (κ1) is 17.0. The number of primary amides is 2. The lowest BCUT2D eigenvalue weighted by Gasteiger charge is -2.45. The Morgan fingerprint density at radius 1 is 0.773 bits per heavy atom. The van der Waals surface area contributed by atoms with Crippen LogP contribution in [0.5, 0.6) is 0 Å². The largest absolute Gasteiger partial charge is 0.369 e. The van der Waals surface area contributed by atoms with Crippen molar-refractivity contribution < 1.29 is 14.4 Å². The molecule has 0 bridgehead atoms. The van der Waals surface area contributed by atoms with Crippen molar-refractivity contribution in [1.29, 1.82) is 0 Å². The molecule has 0 aromatic rings. The van der Waals surface area contributed by atoms with Gasteiger partial charge in [-0.1, -0.05) is 38.5 Å². The minimum Gasteiger partial charge on any atom is -0.369 e. The zero-order valence-electron chi connectivity index (χ0n) is 13.3. The highest BCUT2D eigenvalue weighted by Gasteiger charge is 2.55. The third-order valence-corrected chi connectivity index (χ3v) is 5.70. The van der Waals surface area contributed by atoms with Crippen molar-refractivity contribution in [2.45, 2.75) is 70.6 Å². The summed E-state index contributed by atoms with van der Waals surface area (Å²) in [5.74, 6) is -1.56. The molecule has 0 spiro atoms. The van der Waals surface area contributed by atoms with Crippen molar-refractivity contribution in [3.8, 4) is 0 Å². The van der Waals surface area contributed by atoms with Gasteiger partial charge in [0.25, 0.3) is 0 Å². The van der Waals surface area contributed by atoms with Gasteiger partial charge in [0.2, 0.25) is 11.8 Å². The van der Waals surface area contributed by atoms with Crippen molar-refractivity contribution in [1.82, 2.24) is 0 Å². The lowest BCUT2D eigenvalue weighted by atomic mass is 9.56. The van der Waals surface area contributed by atoms with Crippen molar-refractivity contribution >= 4 is 17.6 Å². The molecule has 0 aliphatic heterocycles. The minimum atomic E-state index is -1.17. The number of nitrogens with two attached hydrogens (primary N) is 2. The van der Waals surface area contributed by atoms with Crippen LogP contribution in [0.2, 0.25) is 0 Å². The predicted octanol–water partition coefficient (Wildman–Crippen LogP) is 2.06. The summed E-state index contributed by atoms with van der Waals surface area (Å²) in [5, 5.41) is 0. The molecule has 2 aliphatic rings. The first-order chi connectivity index (χ1) is 10.5. The van der Waals surface area contributed by atoms with Crippen molar-refractivity contribution in [2.75, 3.05) is 0 Å². The van der Waals surface area contributed by atoms with E-state index in [9.17, 15) is 14.4 Å². The summed E-state index contributed by atoms with van der Waals surface area (Å²) in [5.41, 5.74) is 9.86. The third kappa shape index (κ3) is 3.18. The Balaban J connectivity index is 2.39. The van der Waals surface area contributed by atoms with Crippen LogP contribution in [0.3, 0.4) is 0 Å². The Hall–Kier alpha value is -1.39. The monoisotopic (exact) mass is 308 g/mol. The van der Waals surface area contributed by atoms with Crippen molar-refractivity contribution in [3.63, 3.8) is 0 Å². The highest BCUT2D eigenvalue weighted by atomic mass is 16.2. The Kier molecular flexibility index (Phi) is 5.59. The van der Waals surface area contributed by atoms with E-state index in [1.54, 1.807) is 0 Å². The fraction of sp³-hybridized carbons (Fsp3) is 0.824. The summed E-state index contributed by atoms with van der Waals surface area (Å²) < 4.78 is 0. The molecule has 5 heteroatoms. The highest BCUT2D eigenvalue weighted by molar-refractivity contribution is 6.12. The second-order valence-corrected chi connectivity index (χ2v) is 6.97. The molecule has 0 saturated heterocycles. The normalized spacial score (nSPS) is 21.5. The average Bonchev–Trinajstić information content (AvgIpc) is 2.49. The van der Waals surface area contributed by atoms with E-state index < -0.39 is 17.2 Å². The zero-order chi connectivity index (χ0) is 16.2. The summed E-state index contributed by atoms with van der Waals surface area (Å²) in [7, 11) is 0. The Bertz CT molecular complexity index is 417. The number of Topliss-reactive ketones (excluding diaryl/α,β-unsaturated/α-hetero) is 1. The first-order valence-corrected chi connectivity index (χ1v) is 8.61. The number of carbonyl (C=O) groups is 3. The number of rotatable bonds is 6. The van der Waals surface area contributed by atoms with Crippen molar-refractivity contribution in [2.24, 2.45) is 28.7 Å². The molecule has 0 atom stereocenters. The van der Waals surface area contributed by atoms with Crippen LogP contribution in [0, 0.1) is 17.3 Å². The molecule has 4 N–H and O–H groups in total. The van der Waals surface area contributed by atoms with E-state index >= 15 is 0 Å². The van der Waals surface area contributed by atoms with Gasteiger partial charge in [0.15, 0.2) is 5.78 Å². The molecule has 0 heterocycles. The van der Waals surface area contributed by atoms with Gasteiger partial charge in [-0.25, -0.2) is 0 Å². The molecular formula is C17H28N2O3. The highest BCUT2D eigenvalue weighted by Crippen LogP contribution is 2.50. The molecule has 124 valence electrons. The number of ketones is 1. The van der Waals surface area contributed by atoms with E-state index in [0.717, 1.165) is 64.2 Å². The molecule has 0 aromatic carbocycles. The second-order valence-electron chi connectivity index (χ2n) is 6.97. The van der Waals surface area contributed by atoms with Gasteiger partial charge >= 0.3 is 0 Å². The van der Waals surface area contributed by atoms with Gasteiger partial charge < -0.3 is 11.5 Å². The SMILES string of the molecule is NC(=O)CC(=O)C(C(N)=O)(C1CCCCC1)C1CCCCC1. The van der Waals surface area contributed by atoms with Crippen LogP contribution < -0.4 is 11.5 Å². The Morgan fingerprint density at radius 2 is 1.18 bits per heavy atom. The van der Waals surface area contributed by atoms with E-state index in [-0.39, 0.29) is 24.0 Å². The average molecular weight is 308 g/mol. The number of hydrogen-bond acceptors (Lipinski definition) is 3. The quantitative estimate of drug-likeness (QED) is 0.734. The molecule has 2 aliphatic carbocycles. The maximum atomic E-state index is 12.9. The van der Waals surface area contributed by atoms with Crippen LogP contribution in [-0.4, -0.2) is 17.6 Å². The standard InChI is InChI=1S/C17H28N2O3/c18-15(21)11-14(20)17(16(19)22,12-7-3-1-4-8-12)13-9-5-2-6-10-13/h12-13H,1-11H2,(H2,18,21)(H2,19,22). The number of carbonyl (C=O) groups excluding carboxylic acids is 3. The van der Waals surface area contributed by atoms with Crippen LogP contribution in [0.25, 0.3) is 0 Å². The number of amides is 2. The molecule has 5 nitrogen and oxygen atoms in total. The zero-order valence-corrected chi connectivity index (χ0v) is 13.3. The minimum absolute atomic E-state index is 0.0197. The van der Waals surface area contributed by atoms with E-state index in [1.165, 1.54) is 0 Å². The van der Waals surface area contributed by atoms with Crippen LogP contribution in [0.1, 0.15) is 70.6 Å².